The summed E-state index contributed by atoms with van der Waals surface area (Å²) in [6.45, 7) is 4.03. The molecule has 92 valence electrons. The average molecular weight is 236 g/mol. The largest absolute Gasteiger partial charge is 0.508 e. The minimum absolute atomic E-state index is 0.0495. The van der Waals surface area contributed by atoms with E-state index in [9.17, 15) is 5.11 Å². The summed E-state index contributed by atoms with van der Waals surface area (Å²) < 4.78 is 0. The molecule has 0 radical (unpaired) electrons. The van der Waals surface area contributed by atoms with Crippen molar-refractivity contribution in [2.75, 3.05) is 33.2 Å². The number of likely N-dealkylation sites (N-methyl/N-ethyl adjacent to an activating group) is 1. The number of piperazine rings is 1. The second-order valence-corrected chi connectivity index (χ2v) is 4.40. The molecule has 1 aliphatic heterocycles. The minimum atomic E-state index is 0.0495. The molecule has 0 aliphatic carbocycles. The highest BCUT2D eigenvalue weighted by Crippen LogP contribution is 2.20. The molecule has 3 N–H and O–H groups in total. The topological polar surface area (TPSA) is 60.5 Å². The maximum Gasteiger partial charge on any atom is 0.128 e. The van der Waals surface area contributed by atoms with E-state index >= 15 is 0 Å². The highest BCUT2D eigenvalue weighted by Gasteiger charge is 2.14. The molecule has 1 fully saturated rings. The standard InChI is InChI=1S/C12H17N3O2/c1-14-4-6-15(7-5-14)13-9-10-2-3-11(16)8-12(10)17/h2-3,8-9,16-17H,4-7H2,1H3/p+1/b13-9+. The van der Waals surface area contributed by atoms with Gasteiger partial charge in [0.15, 0.2) is 0 Å². The van der Waals surface area contributed by atoms with Gasteiger partial charge in [-0.25, -0.2) is 0 Å². The fraction of sp³-hybridized carbons (Fsp3) is 0.417. The molecule has 0 amide bonds. The quantitative estimate of drug-likeness (QED) is 0.593. The number of nitrogens with zero attached hydrogens (tertiary/aromatic N) is 2. The summed E-state index contributed by atoms with van der Waals surface area (Å²) in [7, 11) is 2.17. The fourth-order valence-corrected chi connectivity index (χ4v) is 1.78. The zero-order valence-corrected chi connectivity index (χ0v) is 9.93. The second kappa shape index (κ2) is 5.05. The summed E-state index contributed by atoms with van der Waals surface area (Å²) >= 11 is 0. The van der Waals surface area contributed by atoms with Gasteiger partial charge in [-0.2, -0.15) is 5.10 Å². The van der Waals surface area contributed by atoms with Crippen LogP contribution in [0.15, 0.2) is 23.3 Å². The van der Waals surface area contributed by atoms with E-state index in [2.05, 4.69) is 12.1 Å². The Labute approximate surface area is 101 Å². The first-order valence-electron chi connectivity index (χ1n) is 5.77. The molecular formula is C12H18N3O2+. The van der Waals surface area contributed by atoms with Gasteiger partial charge >= 0.3 is 0 Å². The lowest BCUT2D eigenvalue weighted by Gasteiger charge is -2.27. The zero-order valence-electron chi connectivity index (χ0n) is 9.93. The number of hydrazone groups is 1. The lowest BCUT2D eigenvalue weighted by molar-refractivity contribution is -0.884. The van der Waals surface area contributed by atoms with Gasteiger partial charge in [-0.1, -0.05) is 0 Å². The van der Waals surface area contributed by atoms with Gasteiger partial charge in [0.1, 0.15) is 11.5 Å². The number of nitrogens with one attached hydrogen (secondary N) is 1. The lowest BCUT2D eigenvalue weighted by atomic mass is 10.2. The van der Waals surface area contributed by atoms with E-state index in [-0.39, 0.29) is 11.5 Å². The maximum atomic E-state index is 9.59. The van der Waals surface area contributed by atoms with Crippen molar-refractivity contribution >= 4 is 6.21 Å². The molecule has 5 nitrogen and oxygen atoms in total. The third-order valence-corrected chi connectivity index (χ3v) is 2.97. The van der Waals surface area contributed by atoms with Crippen LogP contribution in [0.25, 0.3) is 0 Å². The van der Waals surface area contributed by atoms with E-state index in [1.54, 1.807) is 12.3 Å². The molecule has 1 saturated heterocycles. The first-order chi connectivity index (χ1) is 8.15. The van der Waals surface area contributed by atoms with Crippen LogP contribution in [-0.4, -0.2) is 54.7 Å². The zero-order chi connectivity index (χ0) is 12.3. The number of rotatable bonds is 2. The van der Waals surface area contributed by atoms with Crippen LogP contribution in [0.5, 0.6) is 11.5 Å². The van der Waals surface area contributed by atoms with Crippen LogP contribution in [0.4, 0.5) is 0 Å². The predicted molar refractivity (Wildman–Crippen MR) is 65.6 cm³/mol. The van der Waals surface area contributed by atoms with E-state index in [0.717, 1.165) is 26.2 Å². The Morgan fingerprint density at radius 1 is 1.29 bits per heavy atom. The summed E-state index contributed by atoms with van der Waals surface area (Å²) in [5, 5.41) is 25.1. The van der Waals surface area contributed by atoms with Crippen LogP contribution in [-0.2, 0) is 0 Å². The molecule has 1 aliphatic rings. The summed E-state index contributed by atoms with van der Waals surface area (Å²) in [6.07, 6.45) is 1.63. The monoisotopic (exact) mass is 236 g/mol. The third-order valence-electron chi connectivity index (χ3n) is 2.97. The molecule has 1 aromatic rings. The highest BCUT2D eigenvalue weighted by atomic mass is 16.3. The number of aromatic hydroxyl groups is 2. The molecule has 0 spiro atoms. The van der Waals surface area contributed by atoms with Crippen LogP contribution in [0.3, 0.4) is 0 Å². The van der Waals surface area contributed by atoms with Gasteiger partial charge in [0, 0.05) is 11.6 Å². The van der Waals surface area contributed by atoms with Crippen molar-refractivity contribution in [2.45, 2.75) is 0 Å². The van der Waals surface area contributed by atoms with E-state index in [1.807, 2.05) is 5.01 Å². The van der Waals surface area contributed by atoms with Crippen molar-refractivity contribution in [2.24, 2.45) is 5.10 Å². The Bertz CT molecular complexity index is 412. The fourth-order valence-electron chi connectivity index (χ4n) is 1.78. The molecule has 5 heteroatoms. The molecule has 0 saturated carbocycles. The number of benzene rings is 1. The van der Waals surface area contributed by atoms with Crippen LogP contribution in [0, 0.1) is 0 Å². The molecule has 17 heavy (non-hydrogen) atoms. The van der Waals surface area contributed by atoms with Gasteiger partial charge in [-0.05, 0) is 12.1 Å². The van der Waals surface area contributed by atoms with E-state index < -0.39 is 0 Å². The highest BCUT2D eigenvalue weighted by molar-refractivity contribution is 5.83. The smallest absolute Gasteiger partial charge is 0.128 e. The minimum Gasteiger partial charge on any atom is -0.508 e. The summed E-state index contributed by atoms with van der Waals surface area (Å²) in [6, 6.07) is 4.50. The molecular weight excluding hydrogens is 218 g/mol. The number of phenols is 2. The van der Waals surface area contributed by atoms with Crippen LogP contribution in [0.1, 0.15) is 5.56 Å². The van der Waals surface area contributed by atoms with Crippen LogP contribution in [0.2, 0.25) is 0 Å². The third kappa shape index (κ3) is 3.10. The number of hydrogen-bond acceptors (Lipinski definition) is 4. The number of hydrogen-bond donors (Lipinski definition) is 3. The molecule has 1 aromatic carbocycles. The van der Waals surface area contributed by atoms with Gasteiger partial charge in [0.2, 0.25) is 0 Å². The molecule has 1 heterocycles. The van der Waals surface area contributed by atoms with Gasteiger partial charge in [-0.3, -0.25) is 5.01 Å². The molecule has 0 bridgehead atoms. The SMILES string of the molecule is C[NH+]1CCN(/N=C/c2ccc(O)cc2O)CC1. The van der Waals surface area contributed by atoms with E-state index in [0.29, 0.717) is 5.56 Å². The summed E-state index contributed by atoms with van der Waals surface area (Å²) in [4.78, 5) is 1.52. The maximum absolute atomic E-state index is 9.59. The van der Waals surface area contributed by atoms with Crippen molar-refractivity contribution in [3.05, 3.63) is 23.8 Å². The average Bonchev–Trinajstić information content (AvgIpc) is 2.30. The van der Waals surface area contributed by atoms with Gasteiger partial charge in [0.25, 0.3) is 0 Å². The van der Waals surface area contributed by atoms with Crippen molar-refractivity contribution < 1.29 is 15.1 Å². The Hall–Kier alpha value is -1.75. The van der Waals surface area contributed by atoms with Crippen molar-refractivity contribution in [1.29, 1.82) is 0 Å². The number of quaternary nitrogens is 1. The van der Waals surface area contributed by atoms with Crippen molar-refractivity contribution in [3.63, 3.8) is 0 Å². The van der Waals surface area contributed by atoms with E-state index in [1.165, 1.54) is 17.0 Å². The second-order valence-electron chi connectivity index (χ2n) is 4.40. The molecule has 0 aromatic heterocycles. The normalized spacial score (nSPS) is 17.8. The number of phenolic OH excluding ortho intramolecular Hbond substituents is 2. The Morgan fingerprint density at radius 2 is 2.00 bits per heavy atom. The molecule has 2 rings (SSSR count). The van der Waals surface area contributed by atoms with Gasteiger partial charge < -0.3 is 15.1 Å². The summed E-state index contributed by atoms with van der Waals surface area (Å²) in [5.74, 6) is 0.108. The Balaban J connectivity index is 2.00. The molecule has 0 unspecified atom stereocenters. The van der Waals surface area contributed by atoms with Gasteiger partial charge in [-0.15, -0.1) is 0 Å². The first kappa shape index (κ1) is 11.7. The van der Waals surface area contributed by atoms with Crippen LogP contribution < -0.4 is 4.90 Å². The Morgan fingerprint density at radius 3 is 2.65 bits per heavy atom. The van der Waals surface area contributed by atoms with Crippen molar-refractivity contribution in [1.82, 2.24) is 5.01 Å². The lowest BCUT2D eigenvalue weighted by Crippen LogP contribution is -3.11. The predicted octanol–water partition coefficient (Wildman–Crippen LogP) is -0.738. The molecule has 0 atom stereocenters. The Kier molecular flexibility index (Phi) is 3.49. The van der Waals surface area contributed by atoms with Crippen molar-refractivity contribution in [3.8, 4) is 11.5 Å². The van der Waals surface area contributed by atoms with Crippen LogP contribution >= 0.6 is 0 Å². The first-order valence-corrected chi connectivity index (χ1v) is 5.77. The van der Waals surface area contributed by atoms with Gasteiger partial charge in [0.05, 0.1) is 39.4 Å². The van der Waals surface area contributed by atoms with E-state index in [4.69, 9.17) is 5.11 Å². The summed E-state index contributed by atoms with van der Waals surface area (Å²) in [5.41, 5.74) is 0.620.